The lowest BCUT2D eigenvalue weighted by atomic mass is 10.1. The Morgan fingerprint density at radius 3 is 2.70 bits per heavy atom. The van der Waals surface area contributed by atoms with Crippen LogP contribution in [0, 0.1) is 23.0 Å². The molecule has 30 heavy (non-hydrogen) atoms. The van der Waals surface area contributed by atoms with E-state index in [-0.39, 0.29) is 29.6 Å². The van der Waals surface area contributed by atoms with E-state index in [1.807, 2.05) is 0 Å². The Bertz CT molecular complexity index is 876. The van der Waals surface area contributed by atoms with Gasteiger partial charge in [0.25, 0.3) is 0 Å². The number of carbonyl (C=O) groups excluding carboxylic acids is 1. The summed E-state index contributed by atoms with van der Waals surface area (Å²) in [4.78, 5) is 23.6. The first-order valence-electron chi connectivity index (χ1n) is 9.63. The molecule has 1 aromatic carbocycles. The van der Waals surface area contributed by atoms with Gasteiger partial charge in [0.2, 0.25) is 0 Å². The van der Waals surface area contributed by atoms with Gasteiger partial charge in [-0.3, -0.25) is 4.84 Å². The molecular weight excluding hydrogens is 396 g/mol. The first kappa shape index (κ1) is 21.5. The van der Waals surface area contributed by atoms with Gasteiger partial charge in [0.15, 0.2) is 0 Å². The van der Waals surface area contributed by atoms with Crippen molar-refractivity contribution in [1.29, 1.82) is 5.26 Å². The lowest BCUT2D eigenvalue weighted by Gasteiger charge is -2.36. The van der Waals surface area contributed by atoms with Gasteiger partial charge in [-0.25, -0.2) is 23.6 Å². The highest BCUT2D eigenvalue weighted by molar-refractivity contribution is 5.67. The van der Waals surface area contributed by atoms with Gasteiger partial charge in [-0.1, -0.05) is 0 Å². The molecule has 1 unspecified atom stereocenters. The van der Waals surface area contributed by atoms with Gasteiger partial charge in [-0.2, -0.15) is 5.26 Å². The molecule has 2 aliphatic heterocycles. The zero-order chi connectivity index (χ0) is 21.7. The van der Waals surface area contributed by atoms with Crippen molar-refractivity contribution in [2.24, 2.45) is 4.99 Å². The van der Waals surface area contributed by atoms with Gasteiger partial charge < -0.3 is 15.0 Å². The number of hydrogen-bond donors (Lipinski definition) is 1. The minimum Gasteiger partial charge on any atom is -0.447 e. The van der Waals surface area contributed by atoms with Gasteiger partial charge in [-0.05, 0) is 38.8 Å². The number of nitrogens with zero attached hydrogens (tertiary/aromatic N) is 4. The lowest BCUT2D eigenvalue weighted by molar-refractivity contribution is -0.165. The molecule has 10 heteroatoms. The normalized spacial score (nSPS) is 19.1. The minimum absolute atomic E-state index is 0.101. The van der Waals surface area contributed by atoms with Crippen molar-refractivity contribution >= 4 is 18.1 Å². The second kappa shape index (κ2) is 9.54. The third-order valence-corrected chi connectivity index (χ3v) is 4.60. The molecule has 2 heterocycles. The van der Waals surface area contributed by atoms with Gasteiger partial charge in [0.05, 0.1) is 23.5 Å². The fourth-order valence-corrected chi connectivity index (χ4v) is 3.09. The molecule has 0 bridgehead atoms. The van der Waals surface area contributed by atoms with Crippen LogP contribution in [0.15, 0.2) is 29.4 Å². The molecule has 1 saturated heterocycles. The molecule has 1 atom stereocenters. The van der Waals surface area contributed by atoms with Crippen molar-refractivity contribution < 1.29 is 23.1 Å². The molecule has 0 aromatic heterocycles. The average Bonchev–Trinajstić information content (AvgIpc) is 2.72. The van der Waals surface area contributed by atoms with Crippen LogP contribution in [-0.2, 0) is 9.57 Å². The number of nitriles is 1. The molecule has 8 nitrogen and oxygen atoms in total. The number of likely N-dealkylation sites (tertiary alicyclic amines) is 1. The van der Waals surface area contributed by atoms with Crippen molar-refractivity contribution in [1.82, 2.24) is 9.96 Å². The standard InChI is InChI=1S/C20H23F2N5O3/c1-13(2)29-20(28)26-7-4-15(5-8-26)30-27-12-24-6-3-19(27)25-18-10-16(21)14(11-23)9-17(18)22/h3,6,9-10,12-13,15,19,25H,4-5,7-8H2,1-2H3. The third-order valence-electron chi connectivity index (χ3n) is 4.60. The quantitative estimate of drug-likeness (QED) is 0.787. The molecule has 1 fully saturated rings. The van der Waals surface area contributed by atoms with Crippen molar-refractivity contribution in [2.45, 2.75) is 45.1 Å². The molecule has 0 aliphatic carbocycles. The van der Waals surface area contributed by atoms with Crippen LogP contribution in [0.2, 0.25) is 0 Å². The van der Waals surface area contributed by atoms with Crippen LogP contribution in [0.25, 0.3) is 0 Å². The van der Waals surface area contributed by atoms with Gasteiger partial charge in [0, 0.05) is 25.4 Å². The molecule has 0 saturated carbocycles. The smallest absolute Gasteiger partial charge is 0.410 e. The van der Waals surface area contributed by atoms with Crippen molar-refractivity contribution in [3.63, 3.8) is 0 Å². The van der Waals surface area contributed by atoms with Crippen LogP contribution in [0.1, 0.15) is 32.3 Å². The highest BCUT2D eigenvalue weighted by Gasteiger charge is 2.28. The van der Waals surface area contributed by atoms with E-state index in [1.165, 1.54) is 17.6 Å². The summed E-state index contributed by atoms with van der Waals surface area (Å²) in [5.41, 5.74) is -0.467. The summed E-state index contributed by atoms with van der Waals surface area (Å²) < 4.78 is 33.3. The summed E-state index contributed by atoms with van der Waals surface area (Å²) in [6.07, 6.45) is 4.43. The SMILES string of the molecule is CC(C)OC(=O)N1CCC(ON2C=NC=CC2Nc2cc(F)c(C#N)cc2F)CC1. The largest absolute Gasteiger partial charge is 0.447 e. The number of carbonyl (C=O) groups is 1. The number of hydroxylamine groups is 2. The predicted octanol–water partition coefficient (Wildman–Crippen LogP) is 3.37. The summed E-state index contributed by atoms with van der Waals surface area (Å²) in [7, 11) is 0. The number of rotatable bonds is 5. The highest BCUT2D eigenvalue weighted by Crippen LogP contribution is 2.23. The second-order valence-electron chi connectivity index (χ2n) is 7.20. The number of anilines is 1. The van der Waals surface area contributed by atoms with Crippen molar-refractivity contribution in [3.8, 4) is 6.07 Å². The number of nitrogens with one attached hydrogen (secondary N) is 1. The van der Waals surface area contributed by atoms with Crippen molar-refractivity contribution in [2.75, 3.05) is 18.4 Å². The Morgan fingerprint density at radius 1 is 1.30 bits per heavy atom. The van der Waals surface area contributed by atoms with Crippen LogP contribution in [0.4, 0.5) is 19.3 Å². The molecule has 0 spiro atoms. The van der Waals surface area contributed by atoms with Crippen LogP contribution >= 0.6 is 0 Å². The average molecular weight is 419 g/mol. The molecule has 3 rings (SSSR count). The van der Waals surface area contributed by atoms with Gasteiger partial charge in [-0.15, -0.1) is 0 Å². The number of piperidine rings is 1. The number of halogens is 2. The molecule has 1 amide bonds. The monoisotopic (exact) mass is 419 g/mol. The summed E-state index contributed by atoms with van der Waals surface area (Å²) in [5.74, 6) is -1.57. The van der Waals surface area contributed by atoms with Crippen LogP contribution in [-0.4, -0.2) is 53.9 Å². The molecule has 1 N–H and O–H groups in total. The van der Waals surface area contributed by atoms with Crippen LogP contribution in [0.3, 0.4) is 0 Å². The second-order valence-corrected chi connectivity index (χ2v) is 7.20. The van der Waals surface area contributed by atoms with Gasteiger partial charge in [0.1, 0.15) is 30.2 Å². The number of benzene rings is 1. The number of aliphatic imine (C=N–C) groups is 1. The summed E-state index contributed by atoms with van der Waals surface area (Å²) in [6, 6.07) is 3.38. The van der Waals surface area contributed by atoms with E-state index in [0.717, 1.165) is 12.1 Å². The van der Waals surface area contributed by atoms with Crippen molar-refractivity contribution in [3.05, 3.63) is 41.6 Å². The first-order valence-corrected chi connectivity index (χ1v) is 9.63. The van der Waals surface area contributed by atoms with E-state index in [1.54, 1.807) is 30.9 Å². The maximum Gasteiger partial charge on any atom is 0.410 e. The Hall–Kier alpha value is -3.19. The maximum atomic E-state index is 14.2. The lowest BCUT2D eigenvalue weighted by Crippen LogP contribution is -2.47. The van der Waals surface area contributed by atoms with E-state index in [2.05, 4.69) is 10.3 Å². The van der Waals surface area contributed by atoms with E-state index < -0.39 is 17.8 Å². The Morgan fingerprint density at radius 2 is 2.03 bits per heavy atom. The van der Waals surface area contributed by atoms with Crippen LogP contribution < -0.4 is 5.32 Å². The Kier molecular flexibility index (Phi) is 6.84. The Balaban J connectivity index is 1.59. The highest BCUT2D eigenvalue weighted by atomic mass is 19.1. The Labute approximate surface area is 173 Å². The fraction of sp³-hybridized carbons (Fsp3) is 0.450. The van der Waals surface area contributed by atoms with E-state index >= 15 is 0 Å². The summed E-state index contributed by atoms with van der Waals surface area (Å²) in [6.45, 7) is 4.58. The molecule has 160 valence electrons. The van der Waals surface area contributed by atoms with E-state index in [9.17, 15) is 13.6 Å². The number of ether oxygens (including phenoxy) is 1. The molecule has 0 radical (unpaired) electrons. The first-order chi connectivity index (χ1) is 14.4. The summed E-state index contributed by atoms with van der Waals surface area (Å²) >= 11 is 0. The fourth-order valence-electron chi connectivity index (χ4n) is 3.09. The molecule has 2 aliphatic rings. The number of amides is 1. The van der Waals surface area contributed by atoms with Gasteiger partial charge >= 0.3 is 6.09 Å². The third kappa shape index (κ3) is 5.24. The maximum absolute atomic E-state index is 14.2. The predicted molar refractivity (Wildman–Crippen MR) is 105 cm³/mol. The topological polar surface area (TPSA) is 90.2 Å². The zero-order valence-electron chi connectivity index (χ0n) is 16.7. The minimum atomic E-state index is -0.817. The molecule has 1 aromatic rings. The molecular formula is C20H23F2N5O3. The summed E-state index contributed by atoms with van der Waals surface area (Å²) in [5, 5.41) is 13.1. The zero-order valence-corrected chi connectivity index (χ0v) is 16.7. The van der Waals surface area contributed by atoms with Crippen LogP contribution in [0.5, 0.6) is 0 Å². The van der Waals surface area contributed by atoms with E-state index in [4.69, 9.17) is 14.8 Å². The number of hydrogen-bond acceptors (Lipinski definition) is 7. The van der Waals surface area contributed by atoms with E-state index in [0.29, 0.717) is 25.9 Å².